The van der Waals surface area contributed by atoms with Gasteiger partial charge in [0.1, 0.15) is 0 Å². The quantitative estimate of drug-likeness (QED) is 0.177. The van der Waals surface area contributed by atoms with Crippen molar-refractivity contribution in [2.45, 2.75) is 27.7 Å². The van der Waals surface area contributed by atoms with Crippen LogP contribution in [-0.2, 0) is 19.2 Å². The number of hydrogen-bond acceptors (Lipinski definition) is 6. The number of rotatable bonds is 5. The summed E-state index contributed by atoms with van der Waals surface area (Å²) in [5.74, 6) is -0.144. The first-order chi connectivity index (χ1) is 21.1. The Kier molecular flexibility index (Phi) is 22.3. The summed E-state index contributed by atoms with van der Waals surface area (Å²) in [7, 11) is 0. The number of amides is 4. The van der Waals surface area contributed by atoms with Crippen LogP contribution in [0.5, 0.6) is 0 Å². The SMILES string of the molecule is CC(=O)Nc1ccccc1.CC(=O)Nc1ccccc1.CC(=O)Nc1ccccc1.CC(=O)Nc1ccccc1.NCCN. The first-order valence-corrected chi connectivity index (χ1v) is 13.8. The molecule has 0 radical (unpaired) electrons. The summed E-state index contributed by atoms with van der Waals surface area (Å²) in [6.45, 7) is 7.17. The number of nitrogens with one attached hydrogen (secondary N) is 4. The van der Waals surface area contributed by atoms with Crippen LogP contribution in [0.25, 0.3) is 0 Å². The van der Waals surface area contributed by atoms with E-state index in [9.17, 15) is 19.2 Å². The monoisotopic (exact) mass is 600 g/mol. The van der Waals surface area contributed by atoms with Crippen LogP contribution >= 0.6 is 0 Å². The minimum Gasteiger partial charge on any atom is -0.329 e. The van der Waals surface area contributed by atoms with Gasteiger partial charge in [0.15, 0.2) is 0 Å². The molecule has 0 saturated carbocycles. The van der Waals surface area contributed by atoms with Crippen molar-refractivity contribution in [2.75, 3.05) is 34.4 Å². The van der Waals surface area contributed by atoms with E-state index in [0.29, 0.717) is 13.1 Å². The van der Waals surface area contributed by atoms with Crippen LogP contribution in [-0.4, -0.2) is 36.7 Å². The van der Waals surface area contributed by atoms with Crippen LogP contribution in [0.2, 0.25) is 0 Å². The average molecular weight is 601 g/mol. The first-order valence-electron chi connectivity index (χ1n) is 13.8. The highest BCUT2D eigenvalue weighted by Crippen LogP contribution is 2.05. The zero-order valence-electron chi connectivity index (χ0n) is 25.7. The van der Waals surface area contributed by atoms with Crippen molar-refractivity contribution in [3.63, 3.8) is 0 Å². The number of para-hydroxylation sites is 4. The molecule has 0 aliphatic heterocycles. The number of anilines is 4. The fraction of sp³-hybridized carbons (Fsp3) is 0.176. The van der Waals surface area contributed by atoms with E-state index < -0.39 is 0 Å². The lowest BCUT2D eigenvalue weighted by Gasteiger charge is -1.98. The van der Waals surface area contributed by atoms with Crippen LogP contribution < -0.4 is 32.7 Å². The Morgan fingerprint density at radius 1 is 0.386 bits per heavy atom. The molecule has 0 heterocycles. The third-order valence-corrected chi connectivity index (χ3v) is 4.54. The average Bonchev–Trinajstić information content (AvgIpc) is 2.99. The summed E-state index contributed by atoms with van der Waals surface area (Å²) in [5.41, 5.74) is 13.2. The van der Waals surface area contributed by atoms with Gasteiger partial charge in [-0.1, -0.05) is 72.8 Å². The summed E-state index contributed by atoms with van der Waals surface area (Å²) < 4.78 is 0. The fourth-order valence-corrected chi connectivity index (χ4v) is 2.90. The van der Waals surface area contributed by atoms with E-state index in [-0.39, 0.29) is 23.6 Å². The number of nitrogens with two attached hydrogens (primary N) is 2. The van der Waals surface area contributed by atoms with Crippen molar-refractivity contribution in [2.24, 2.45) is 11.5 Å². The second kappa shape index (κ2) is 25.4. The van der Waals surface area contributed by atoms with E-state index in [1.54, 1.807) is 0 Å². The largest absolute Gasteiger partial charge is 0.329 e. The highest BCUT2D eigenvalue weighted by molar-refractivity contribution is 5.89. The lowest BCUT2D eigenvalue weighted by atomic mass is 10.3. The highest BCUT2D eigenvalue weighted by Gasteiger charge is 1.92. The Balaban J connectivity index is 0.000000538. The molecule has 10 nitrogen and oxygen atoms in total. The van der Waals surface area contributed by atoms with Gasteiger partial charge in [0.2, 0.25) is 23.6 Å². The van der Waals surface area contributed by atoms with Gasteiger partial charge in [-0.2, -0.15) is 0 Å². The third-order valence-electron chi connectivity index (χ3n) is 4.54. The maximum atomic E-state index is 10.5. The van der Waals surface area contributed by atoms with Crippen molar-refractivity contribution in [3.05, 3.63) is 121 Å². The molecular formula is C34H44N6O4. The number of hydrogen-bond donors (Lipinski definition) is 6. The van der Waals surface area contributed by atoms with E-state index in [0.717, 1.165) is 22.7 Å². The molecule has 0 spiro atoms. The molecule has 4 rings (SSSR count). The van der Waals surface area contributed by atoms with Gasteiger partial charge in [0.25, 0.3) is 0 Å². The van der Waals surface area contributed by atoms with Crippen LogP contribution in [0.1, 0.15) is 27.7 Å². The maximum absolute atomic E-state index is 10.5. The third kappa shape index (κ3) is 24.5. The van der Waals surface area contributed by atoms with Crippen LogP contribution in [0, 0.1) is 0 Å². The highest BCUT2D eigenvalue weighted by atomic mass is 16.2. The normalized spacial score (nSPS) is 8.77. The molecule has 0 aliphatic carbocycles. The summed E-state index contributed by atoms with van der Waals surface area (Å²) in [6, 6.07) is 37.5. The van der Waals surface area contributed by atoms with Gasteiger partial charge < -0.3 is 32.7 Å². The molecule has 0 aromatic heterocycles. The van der Waals surface area contributed by atoms with Gasteiger partial charge in [-0.15, -0.1) is 0 Å². The van der Waals surface area contributed by atoms with Gasteiger partial charge in [-0.05, 0) is 48.5 Å². The molecule has 0 saturated heterocycles. The molecule has 0 unspecified atom stereocenters. The lowest BCUT2D eigenvalue weighted by Crippen LogP contribution is -2.11. The summed E-state index contributed by atoms with van der Waals surface area (Å²) in [6.07, 6.45) is 0. The van der Waals surface area contributed by atoms with E-state index in [1.165, 1.54) is 27.7 Å². The predicted octanol–water partition coefficient (Wildman–Crippen LogP) is 5.48. The molecule has 4 amide bonds. The van der Waals surface area contributed by atoms with Gasteiger partial charge in [-0.3, -0.25) is 19.2 Å². The molecular weight excluding hydrogens is 556 g/mol. The maximum Gasteiger partial charge on any atom is 0.221 e. The summed E-state index contributed by atoms with van der Waals surface area (Å²) in [5, 5.41) is 10.7. The minimum absolute atomic E-state index is 0.0359. The van der Waals surface area contributed by atoms with E-state index in [1.807, 2.05) is 121 Å². The molecule has 4 aromatic carbocycles. The molecule has 44 heavy (non-hydrogen) atoms. The Labute approximate surface area is 260 Å². The van der Waals surface area contributed by atoms with Crippen molar-refractivity contribution in [1.82, 2.24) is 0 Å². The first kappa shape index (κ1) is 38.7. The van der Waals surface area contributed by atoms with E-state index in [4.69, 9.17) is 11.5 Å². The topological polar surface area (TPSA) is 168 Å². The molecule has 234 valence electrons. The second-order valence-corrected chi connectivity index (χ2v) is 8.77. The Bertz CT molecular complexity index is 1120. The smallest absolute Gasteiger partial charge is 0.221 e. The minimum atomic E-state index is -0.0359. The predicted molar refractivity (Wildman–Crippen MR) is 181 cm³/mol. The Morgan fingerprint density at radius 2 is 0.545 bits per heavy atom. The van der Waals surface area contributed by atoms with Crippen molar-refractivity contribution in [1.29, 1.82) is 0 Å². The number of carbonyl (C=O) groups is 4. The van der Waals surface area contributed by atoms with E-state index in [2.05, 4.69) is 21.3 Å². The molecule has 10 heteroatoms. The zero-order chi connectivity index (χ0) is 33.0. The van der Waals surface area contributed by atoms with Gasteiger partial charge >= 0.3 is 0 Å². The van der Waals surface area contributed by atoms with Crippen LogP contribution in [0.4, 0.5) is 22.7 Å². The van der Waals surface area contributed by atoms with Gasteiger partial charge in [0.05, 0.1) is 0 Å². The Hall–Kier alpha value is -5.32. The van der Waals surface area contributed by atoms with Crippen LogP contribution in [0.15, 0.2) is 121 Å². The van der Waals surface area contributed by atoms with Crippen LogP contribution in [0.3, 0.4) is 0 Å². The zero-order valence-corrected chi connectivity index (χ0v) is 25.7. The molecule has 8 N–H and O–H groups in total. The molecule has 0 atom stereocenters. The summed E-state index contributed by atoms with van der Waals surface area (Å²) >= 11 is 0. The van der Waals surface area contributed by atoms with Crippen molar-refractivity contribution < 1.29 is 19.2 Å². The Morgan fingerprint density at radius 3 is 0.659 bits per heavy atom. The van der Waals surface area contributed by atoms with Gasteiger partial charge in [0, 0.05) is 63.5 Å². The molecule has 4 aromatic rings. The fourth-order valence-electron chi connectivity index (χ4n) is 2.90. The molecule has 0 bridgehead atoms. The standard InChI is InChI=1S/4C8H9NO.C2H8N2/c4*1-7(10)9-8-5-3-2-4-6-8;3-1-2-4/h4*2-6H,1H3,(H,9,10);1-4H2. The molecule has 0 aliphatic rings. The van der Waals surface area contributed by atoms with Crippen molar-refractivity contribution >= 4 is 46.4 Å². The second-order valence-electron chi connectivity index (χ2n) is 8.77. The number of carbonyl (C=O) groups excluding carboxylic acids is 4. The van der Waals surface area contributed by atoms with E-state index >= 15 is 0 Å². The van der Waals surface area contributed by atoms with Crippen molar-refractivity contribution in [3.8, 4) is 0 Å². The van der Waals surface area contributed by atoms with Gasteiger partial charge in [-0.25, -0.2) is 0 Å². The summed E-state index contributed by atoms with van der Waals surface area (Å²) in [4.78, 5) is 42.0. The number of benzene rings is 4. The molecule has 0 fully saturated rings. The lowest BCUT2D eigenvalue weighted by molar-refractivity contribution is -0.115.